The third kappa shape index (κ3) is 6.25. The van der Waals surface area contributed by atoms with Crippen molar-refractivity contribution < 1.29 is 36.9 Å². The zero-order chi connectivity index (χ0) is 28.2. The molecule has 1 aliphatic heterocycles. The molecule has 1 fully saturated rings. The van der Waals surface area contributed by atoms with Gasteiger partial charge in [-0.15, -0.1) is 0 Å². The molecule has 39 heavy (non-hydrogen) atoms. The number of piperidine rings is 1. The van der Waals surface area contributed by atoms with E-state index in [1.807, 2.05) is 4.90 Å². The molecule has 2 aromatic carbocycles. The van der Waals surface area contributed by atoms with Gasteiger partial charge >= 0.3 is 5.97 Å². The largest absolute Gasteiger partial charge is 0.497 e. The molecule has 1 atom stereocenters. The van der Waals surface area contributed by atoms with Crippen LogP contribution in [0.5, 0.6) is 11.5 Å². The van der Waals surface area contributed by atoms with Crippen molar-refractivity contribution in [2.24, 2.45) is 11.1 Å². The van der Waals surface area contributed by atoms with Crippen LogP contribution in [-0.4, -0.2) is 54.3 Å². The van der Waals surface area contributed by atoms with E-state index in [-0.39, 0.29) is 31.7 Å². The van der Waals surface area contributed by atoms with E-state index < -0.39 is 35.0 Å². The highest BCUT2D eigenvalue weighted by Gasteiger charge is 2.41. The summed E-state index contributed by atoms with van der Waals surface area (Å²) in [5, 5.41) is 10.7. The number of carbonyl (C=O) groups is 1. The van der Waals surface area contributed by atoms with Crippen molar-refractivity contribution in [1.29, 1.82) is 0 Å². The number of nitrogens with two attached hydrogens (primary N) is 1. The molecule has 3 aromatic rings. The van der Waals surface area contributed by atoms with Crippen LogP contribution < -0.4 is 15.2 Å². The zero-order valence-electron chi connectivity index (χ0n) is 21.6. The van der Waals surface area contributed by atoms with Gasteiger partial charge in [0, 0.05) is 42.4 Å². The van der Waals surface area contributed by atoms with Crippen LogP contribution in [0.15, 0.2) is 36.5 Å². The van der Waals surface area contributed by atoms with Crippen LogP contribution in [0.1, 0.15) is 43.0 Å². The molecule has 1 unspecified atom stereocenters. The summed E-state index contributed by atoms with van der Waals surface area (Å²) in [6.45, 7) is 1.42. The molecule has 3 N–H and O–H groups in total. The fourth-order valence-corrected chi connectivity index (χ4v) is 5.12. The van der Waals surface area contributed by atoms with Crippen LogP contribution in [-0.2, 0) is 11.3 Å². The highest BCUT2D eigenvalue weighted by atomic mass is 19.2. The Morgan fingerprint density at radius 1 is 1.15 bits per heavy atom. The topological polar surface area (TPSA) is 97.9 Å². The van der Waals surface area contributed by atoms with Crippen LogP contribution in [0.4, 0.5) is 17.6 Å². The summed E-state index contributed by atoms with van der Waals surface area (Å²) in [5.74, 6) is -4.77. The number of aliphatic carboxylic acids is 1. The Bertz CT molecular complexity index is 1300. The van der Waals surface area contributed by atoms with Crippen LogP contribution in [0.25, 0.3) is 10.9 Å². The minimum atomic E-state index is -1.56. The first-order valence-corrected chi connectivity index (χ1v) is 12.7. The number of nitrogens with zero attached hydrogens (tertiary/aromatic N) is 2. The Morgan fingerprint density at radius 3 is 2.46 bits per heavy atom. The zero-order valence-corrected chi connectivity index (χ0v) is 21.6. The number of carboxylic acid groups (broad SMARTS) is 1. The van der Waals surface area contributed by atoms with Crippen LogP contribution in [0, 0.1) is 22.9 Å². The van der Waals surface area contributed by atoms with Crippen molar-refractivity contribution in [1.82, 2.24) is 9.88 Å². The molecule has 0 radical (unpaired) electrons. The van der Waals surface area contributed by atoms with E-state index in [0.29, 0.717) is 60.3 Å². The number of hydrogen-bond acceptors (Lipinski definition) is 6. The van der Waals surface area contributed by atoms with Gasteiger partial charge in [0.15, 0.2) is 17.5 Å². The highest BCUT2D eigenvalue weighted by Crippen LogP contribution is 2.41. The van der Waals surface area contributed by atoms with E-state index in [9.17, 15) is 23.1 Å². The maximum absolute atomic E-state index is 15.8. The van der Waals surface area contributed by atoms with Gasteiger partial charge in [0.1, 0.15) is 24.3 Å². The summed E-state index contributed by atoms with van der Waals surface area (Å²) in [7, 11) is 1.52. The van der Waals surface area contributed by atoms with Crippen molar-refractivity contribution in [2.45, 2.75) is 38.4 Å². The minimum absolute atomic E-state index is 0.000426. The van der Waals surface area contributed by atoms with E-state index in [1.165, 1.54) is 7.11 Å². The Morgan fingerprint density at radius 2 is 1.85 bits per heavy atom. The summed E-state index contributed by atoms with van der Waals surface area (Å²) >= 11 is 0. The molecule has 11 heteroatoms. The second kappa shape index (κ2) is 12.2. The van der Waals surface area contributed by atoms with E-state index in [2.05, 4.69) is 4.98 Å². The van der Waals surface area contributed by atoms with Crippen molar-refractivity contribution >= 4 is 16.9 Å². The number of fused-ring (bicyclic) bond motifs is 1. The third-order valence-electron chi connectivity index (χ3n) is 7.51. The van der Waals surface area contributed by atoms with Gasteiger partial charge in [0.05, 0.1) is 18.0 Å². The maximum atomic E-state index is 15.8. The standard InChI is InChI=1S/C28H31F4N3O4/c1-38-18-2-3-24-20(12-18)25(17(15-33)16-34-24)21(29)4-5-28(27(36)37)6-8-35(9-7-28)10-11-39-19-13-22(30)26(32)23(31)14-19/h2-3,12-14,16,21H,4-11,15,33H2,1H3,(H,36,37). The van der Waals surface area contributed by atoms with Crippen molar-refractivity contribution in [3.05, 3.63) is 65.1 Å². The summed E-state index contributed by atoms with van der Waals surface area (Å²) < 4.78 is 66.3. The second-order valence-electron chi connectivity index (χ2n) is 9.77. The highest BCUT2D eigenvalue weighted by molar-refractivity contribution is 5.85. The Kier molecular flexibility index (Phi) is 8.91. The predicted molar refractivity (Wildman–Crippen MR) is 137 cm³/mol. The number of likely N-dealkylation sites (tertiary alicyclic amines) is 1. The van der Waals surface area contributed by atoms with E-state index in [0.717, 1.165) is 12.1 Å². The van der Waals surface area contributed by atoms with E-state index in [1.54, 1.807) is 24.4 Å². The first-order chi connectivity index (χ1) is 18.7. The number of alkyl halides is 1. The first kappa shape index (κ1) is 28.6. The molecule has 1 aromatic heterocycles. The van der Waals surface area contributed by atoms with E-state index >= 15 is 4.39 Å². The van der Waals surface area contributed by atoms with Gasteiger partial charge < -0.3 is 20.3 Å². The maximum Gasteiger partial charge on any atom is 0.309 e. The number of aromatic nitrogens is 1. The van der Waals surface area contributed by atoms with Gasteiger partial charge in [-0.3, -0.25) is 14.7 Å². The molecule has 210 valence electrons. The van der Waals surface area contributed by atoms with Gasteiger partial charge in [-0.25, -0.2) is 17.6 Å². The Balaban J connectivity index is 1.38. The number of ether oxygens (including phenoxy) is 2. The number of halogens is 4. The molecule has 0 bridgehead atoms. The fraction of sp³-hybridized carbons (Fsp3) is 0.429. The second-order valence-corrected chi connectivity index (χ2v) is 9.77. The lowest BCUT2D eigenvalue weighted by molar-refractivity contribution is -0.153. The summed E-state index contributed by atoms with van der Waals surface area (Å²) in [6, 6.07) is 6.74. The van der Waals surface area contributed by atoms with Gasteiger partial charge in [0.25, 0.3) is 0 Å². The molecule has 1 aliphatic rings. The lowest BCUT2D eigenvalue weighted by atomic mass is 9.74. The molecule has 2 heterocycles. The molecule has 4 rings (SSSR count). The number of hydrogen-bond donors (Lipinski definition) is 2. The van der Waals surface area contributed by atoms with Gasteiger partial charge in [-0.2, -0.15) is 0 Å². The molecule has 0 spiro atoms. The quantitative estimate of drug-likeness (QED) is 0.252. The van der Waals surface area contributed by atoms with Gasteiger partial charge in [-0.05, 0) is 62.5 Å². The van der Waals surface area contributed by atoms with Crippen LogP contribution in [0.3, 0.4) is 0 Å². The molecule has 7 nitrogen and oxygen atoms in total. The van der Waals surface area contributed by atoms with Crippen LogP contribution in [0.2, 0.25) is 0 Å². The summed E-state index contributed by atoms with van der Waals surface area (Å²) in [6.07, 6.45) is 0.868. The lowest BCUT2D eigenvalue weighted by Crippen LogP contribution is -2.45. The van der Waals surface area contributed by atoms with Gasteiger partial charge in [-0.1, -0.05) is 0 Å². The van der Waals surface area contributed by atoms with Crippen molar-refractivity contribution in [2.75, 3.05) is 33.4 Å². The Labute approximate surface area is 223 Å². The SMILES string of the molecule is COc1ccc2ncc(CN)c(C(F)CCC3(C(=O)O)CCN(CCOc4cc(F)c(F)c(F)c4)CC3)c2c1. The third-order valence-corrected chi connectivity index (χ3v) is 7.51. The molecule has 0 amide bonds. The smallest absolute Gasteiger partial charge is 0.309 e. The van der Waals surface area contributed by atoms with Crippen molar-refractivity contribution in [3.8, 4) is 11.5 Å². The average Bonchev–Trinajstić information content (AvgIpc) is 2.94. The number of carboxylic acids is 1. The molecule has 0 aliphatic carbocycles. The van der Waals surface area contributed by atoms with Gasteiger partial charge in [0.2, 0.25) is 0 Å². The monoisotopic (exact) mass is 549 g/mol. The fourth-order valence-electron chi connectivity index (χ4n) is 5.12. The van der Waals surface area contributed by atoms with Crippen LogP contribution >= 0.6 is 0 Å². The summed E-state index contributed by atoms with van der Waals surface area (Å²) in [5.41, 5.74) is 6.35. The first-order valence-electron chi connectivity index (χ1n) is 12.7. The lowest BCUT2D eigenvalue weighted by Gasteiger charge is -2.39. The van der Waals surface area contributed by atoms with Crippen molar-refractivity contribution in [3.63, 3.8) is 0 Å². The molecule has 1 saturated heterocycles. The minimum Gasteiger partial charge on any atom is -0.497 e. The number of pyridine rings is 1. The molecule has 0 saturated carbocycles. The predicted octanol–water partition coefficient (Wildman–Crippen LogP) is 5.16. The average molecular weight is 550 g/mol. The number of rotatable bonds is 11. The number of benzene rings is 2. The normalized spacial score (nSPS) is 16.3. The number of methoxy groups -OCH3 is 1. The molecular weight excluding hydrogens is 518 g/mol. The molecular formula is C28H31F4N3O4. The Hall–Kier alpha value is -3.44. The summed E-state index contributed by atoms with van der Waals surface area (Å²) in [4.78, 5) is 18.7. The van der Waals surface area contributed by atoms with E-state index in [4.69, 9.17) is 15.2 Å².